The van der Waals surface area contributed by atoms with Gasteiger partial charge in [-0.2, -0.15) is 0 Å². The monoisotopic (exact) mass is 457 g/mol. The molecule has 34 heavy (non-hydrogen) atoms. The van der Waals surface area contributed by atoms with E-state index in [9.17, 15) is 4.79 Å². The van der Waals surface area contributed by atoms with Gasteiger partial charge in [0.15, 0.2) is 5.78 Å². The van der Waals surface area contributed by atoms with Crippen molar-refractivity contribution in [1.82, 2.24) is 9.80 Å². The lowest BCUT2D eigenvalue weighted by Gasteiger charge is -2.39. The van der Waals surface area contributed by atoms with Gasteiger partial charge in [0, 0.05) is 44.7 Å². The van der Waals surface area contributed by atoms with Crippen LogP contribution in [0.25, 0.3) is 0 Å². The quantitative estimate of drug-likeness (QED) is 0.360. The van der Waals surface area contributed by atoms with Gasteiger partial charge in [0.2, 0.25) is 0 Å². The van der Waals surface area contributed by atoms with Gasteiger partial charge in [-0.3, -0.25) is 9.69 Å². The van der Waals surface area contributed by atoms with E-state index < -0.39 is 0 Å². The van der Waals surface area contributed by atoms with E-state index in [4.69, 9.17) is 10.5 Å². The predicted molar refractivity (Wildman–Crippen MR) is 138 cm³/mol. The number of nitrogens with zero attached hydrogens (tertiary/aromatic N) is 2. The molecule has 1 heterocycles. The van der Waals surface area contributed by atoms with Gasteiger partial charge in [0.25, 0.3) is 0 Å². The van der Waals surface area contributed by atoms with E-state index in [0.717, 1.165) is 32.7 Å². The standard InChI is InChI=1S/C29H35N3O2/c1-22(2)34-28-14-13-25(21-26(28)30)27(33)15-16-31-17-19-32(20-18-31)29(23-9-5-3-6-10-23)24-11-7-4-8-12-24/h3-14,21-22,29H,15-20,30H2,1-2H3. The number of carbonyl (C=O) groups is 1. The zero-order valence-corrected chi connectivity index (χ0v) is 20.2. The Kier molecular flexibility index (Phi) is 7.99. The van der Waals surface area contributed by atoms with Gasteiger partial charge in [-0.1, -0.05) is 60.7 Å². The van der Waals surface area contributed by atoms with E-state index in [1.807, 2.05) is 19.9 Å². The number of benzene rings is 3. The first-order valence-electron chi connectivity index (χ1n) is 12.2. The summed E-state index contributed by atoms with van der Waals surface area (Å²) in [6, 6.07) is 27.1. The van der Waals surface area contributed by atoms with Crippen molar-refractivity contribution in [3.63, 3.8) is 0 Å². The molecular formula is C29H35N3O2. The molecule has 0 amide bonds. The minimum atomic E-state index is 0.0471. The summed E-state index contributed by atoms with van der Waals surface area (Å²) in [6.45, 7) is 8.52. The van der Waals surface area contributed by atoms with Crippen LogP contribution in [0.3, 0.4) is 0 Å². The molecular weight excluding hydrogens is 422 g/mol. The van der Waals surface area contributed by atoms with Crippen LogP contribution in [0.1, 0.15) is 47.8 Å². The fraction of sp³-hybridized carbons (Fsp3) is 0.345. The van der Waals surface area contributed by atoms with Crippen LogP contribution >= 0.6 is 0 Å². The molecule has 0 bridgehead atoms. The third kappa shape index (κ3) is 6.04. The highest BCUT2D eigenvalue weighted by Gasteiger charge is 2.26. The number of hydrogen-bond acceptors (Lipinski definition) is 5. The van der Waals surface area contributed by atoms with Crippen molar-refractivity contribution >= 4 is 11.5 Å². The molecule has 1 aliphatic heterocycles. The Hall–Kier alpha value is -3.15. The van der Waals surface area contributed by atoms with Crippen LogP contribution in [0.2, 0.25) is 0 Å². The number of piperazine rings is 1. The summed E-state index contributed by atoms with van der Waals surface area (Å²) < 4.78 is 5.68. The molecule has 5 heteroatoms. The van der Waals surface area contributed by atoms with Crippen molar-refractivity contribution in [3.8, 4) is 5.75 Å². The lowest BCUT2D eigenvalue weighted by Crippen LogP contribution is -2.48. The highest BCUT2D eigenvalue weighted by Crippen LogP contribution is 2.29. The van der Waals surface area contributed by atoms with Crippen LogP contribution in [-0.2, 0) is 0 Å². The largest absolute Gasteiger partial charge is 0.489 e. The van der Waals surface area contributed by atoms with Gasteiger partial charge in [0.05, 0.1) is 17.8 Å². The van der Waals surface area contributed by atoms with Crippen molar-refractivity contribution in [2.24, 2.45) is 0 Å². The second kappa shape index (κ2) is 11.3. The van der Waals surface area contributed by atoms with Crippen LogP contribution in [0.5, 0.6) is 5.75 Å². The Bertz CT molecular complexity index is 1020. The Morgan fingerprint density at radius 3 is 2.00 bits per heavy atom. The summed E-state index contributed by atoms with van der Waals surface area (Å²) in [4.78, 5) is 17.7. The molecule has 0 unspecified atom stereocenters. The number of hydrogen-bond donors (Lipinski definition) is 1. The van der Waals surface area contributed by atoms with Crippen molar-refractivity contribution < 1.29 is 9.53 Å². The lowest BCUT2D eigenvalue weighted by molar-refractivity contribution is 0.0893. The molecule has 1 aliphatic rings. The first-order valence-corrected chi connectivity index (χ1v) is 12.2. The van der Waals surface area contributed by atoms with Crippen LogP contribution < -0.4 is 10.5 Å². The predicted octanol–water partition coefficient (Wildman–Crippen LogP) is 5.04. The smallest absolute Gasteiger partial charge is 0.164 e. The van der Waals surface area contributed by atoms with Gasteiger partial charge in [-0.25, -0.2) is 0 Å². The van der Waals surface area contributed by atoms with Crippen molar-refractivity contribution in [3.05, 3.63) is 95.6 Å². The molecule has 0 aliphatic carbocycles. The maximum absolute atomic E-state index is 12.8. The van der Waals surface area contributed by atoms with Crippen molar-refractivity contribution in [2.45, 2.75) is 32.4 Å². The average Bonchev–Trinajstić information content (AvgIpc) is 2.86. The number of Topliss-reactive ketones (excluding diaryl/α,β-unsaturated/α-hetero) is 1. The van der Waals surface area contributed by atoms with Gasteiger partial charge in [0.1, 0.15) is 5.75 Å². The fourth-order valence-electron chi connectivity index (χ4n) is 4.62. The summed E-state index contributed by atoms with van der Waals surface area (Å²) >= 11 is 0. The van der Waals surface area contributed by atoms with E-state index in [1.165, 1.54) is 11.1 Å². The Labute approximate surface area is 203 Å². The molecule has 0 atom stereocenters. The van der Waals surface area contributed by atoms with Crippen LogP contribution in [0.4, 0.5) is 5.69 Å². The maximum atomic E-state index is 12.8. The maximum Gasteiger partial charge on any atom is 0.164 e. The molecule has 3 aromatic carbocycles. The van der Waals surface area contributed by atoms with Gasteiger partial charge >= 0.3 is 0 Å². The number of ketones is 1. The number of anilines is 1. The van der Waals surface area contributed by atoms with Gasteiger partial charge < -0.3 is 15.4 Å². The zero-order chi connectivity index (χ0) is 23.9. The van der Waals surface area contributed by atoms with Crippen LogP contribution in [-0.4, -0.2) is 54.4 Å². The van der Waals surface area contributed by atoms with Crippen LogP contribution in [0, 0.1) is 0 Å². The molecule has 3 aromatic rings. The normalized spacial score (nSPS) is 15.1. The number of nitrogen functional groups attached to an aromatic ring is 1. The van der Waals surface area contributed by atoms with E-state index in [2.05, 4.69) is 70.5 Å². The molecule has 0 spiro atoms. The fourth-order valence-corrected chi connectivity index (χ4v) is 4.62. The number of ether oxygens (including phenoxy) is 1. The Morgan fingerprint density at radius 2 is 1.47 bits per heavy atom. The molecule has 2 N–H and O–H groups in total. The molecule has 0 saturated carbocycles. The summed E-state index contributed by atoms with van der Waals surface area (Å²) in [5.74, 6) is 0.755. The summed E-state index contributed by atoms with van der Waals surface area (Å²) in [7, 11) is 0. The highest BCUT2D eigenvalue weighted by molar-refractivity contribution is 5.97. The molecule has 1 saturated heterocycles. The third-order valence-electron chi connectivity index (χ3n) is 6.35. The Morgan fingerprint density at radius 1 is 0.882 bits per heavy atom. The van der Waals surface area contributed by atoms with E-state index in [0.29, 0.717) is 23.4 Å². The Balaban J connectivity index is 1.34. The third-order valence-corrected chi connectivity index (χ3v) is 6.35. The topological polar surface area (TPSA) is 58.8 Å². The van der Waals surface area contributed by atoms with Crippen LogP contribution in [0.15, 0.2) is 78.9 Å². The molecule has 0 radical (unpaired) electrons. The molecule has 178 valence electrons. The second-order valence-electron chi connectivity index (χ2n) is 9.19. The van der Waals surface area contributed by atoms with Gasteiger partial charge in [-0.15, -0.1) is 0 Å². The lowest BCUT2D eigenvalue weighted by atomic mass is 9.96. The number of nitrogens with two attached hydrogens (primary N) is 1. The second-order valence-corrected chi connectivity index (χ2v) is 9.19. The molecule has 1 fully saturated rings. The summed E-state index contributed by atoms with van der Waals surface area (Å²) in [6.07, 6.45) is 0.538. The summed E-state index contributed by atoms with van der Waals surface area (Å²) in [5.41, 5.74) is 9.90. The highest BCUT2D eigenvalue weighted by atomic mass is 16.5. The number of carbonyl (C=O) groups excluding carboxylic acids is 1. The molecule has 0 aromatic heterocycles. The first-order chi connectivity index (χ1) is 16.5. The SMILES string of the molecule is CC(C)Oc1ccc(C(=O)CCN2CCN(C(c3ccccc3)c3ccccc3)CC2)cc1N. The number of rotatable bonds is 9. The van der Waals surface area contributed by atoms with E-state index in [1.54, 1.807) is 12.1 Å². The molecule has 4 rings (SSSR count). The van der Waals surface area contributed by atoms with Crippen molar-refractivity contribution in [1.29, 1.82) is 0 Å². The minimum absolute atomic E-state index is 0.0471. The summed E-state index contributed by atoms with van der Waals surface area (Å²) in [5, 5.41) is 0. The first kappa shape index (κ1) is 24.0. The minimum Gasteiger partial charge on any atom is -0.489 e. The van der Waals surface area contributed by atoms with E-state index >= 15 is 0 Å². The average molecular weight is 458 g/mol. The van der Waals surface area contributed by atoms with Crippen molar-refractivity contribution in [2.75, 3.05) is 38.5 Å². The van der Waals surface area contributed by atoms with Gasteiger partial charge in [-0.05, 0) is 43.2 Å². The van der Waals surface area contributed by atoms with E-state index in [-0.39, 0.29) is 17.9 Å². The molecule has 5 nitrogen and oxygen atoms in total. The zero-order valence-electron chi connectivity index (χ0n) is 20.2.